The lowest BCUT2D eigenvalue weighted by atomic mass is 9.99. The summed E-state index contributed by atoms with van der Waals surface area (Å²) in [5.74, 6) is 1.46. The van der Waals surface area contributed by atoms with Crippen LogP contribution in [0.4, 0.5) is 10.5 Å². The smallest absolute Gasteiger partial charge is 0.321 e. The summed E-state index contributed by atoms with van der Waals surface area (Å²) >= 11 is 0. The molecule has 2 N–H and O–H groups in total. The summed E-state index contributed by atoms with van der Waals surface area (Å²) in [6.07, 6.45) is 1.12. The van der Waals surface area contributed by atoms with Gasteiger partial charge in [0.05, 0.1) is 19.2 Å². The van der Waals surface area contributed by atoms with Crippen molar-refractivity contribution in [1.82, 2.24) is 14.8 Å². The highest BCUT2D eigenvalue weighted by Crippen LogP contribution is 2.35. The molecule has 0 unspecified atom stereocenters. The van der Waals surface area contributed by atoms with Crippen molar-refractivity contribution in [1.29, 1.82) is 0 Å². The van der Waals surface area contributed by atoms with E-state index in [0.29, 0.717) is 35.1 Å². The van der Waals surface area contributed by atoms with Gasteiger partial charge in [0.1, 0.15) is 23.0 Å². The summed E-state index contributed by atoms with van der Waals surface area (Å²) in [4.78, 5) is 34.6. The first-order chi connectivity index (χ1) is 20.3. The maximum Gasteiger partial charge on any atom is 0.321 e. The first kappa shape index (κ1) is 27.4. The molecule has 2 aromatic carbocycles. The minimum atomic E-state index is -0.498. The topological polar surface area (TPSA) is 127 Å². The molecule has 4 aromatic rings. The van der Waals surface area contributed by atoms with Crippen molar-refractivity contribution < 1.29 is 33.3 Å². The lowest BCUT2D eigenvalue weighted by molar-refractivity contribution is 0.0356. The summed E-state index contributed by atoms with van der Waals surface area (Å²) in [5, 5.41) is 13.8. The van der Waals surface area contributed by atoms with Gasteiger partial charge in [0.25, 0.3) is 5.91 Å². The minimum Gasteiger partial charge on any atom is -0.472 e. The second-order valence-corrected chi connectivity index (χ2v) is 10.7. The average Bonchev–Trinajstić information content (AvgIpc) is 3.65. The van der Waals surface area contributed by atoms with Crippen LogP contribution in [0.2, 0.25) is 0 Å². The van der Waals surface area contributed by atoms with E-state index in [1.807, 2.05) is 37.3 Å². The Hall–Kier alpha value is -4.77. The number of carbonyl (C=O) groups is 2. The van der Waals surface area contributed by atoms with Crippen LogP contribution < -0.4 is 19.5 Å². The highest BCUT2D eigenvalue weighted by atomic mass is 16.7. The Kier molecular flexibility index (Phi) is 7.34. The third-order valence-electron chi connectivity index (χ3n) is 7.66. The third kappa shape index (κ3) is 5.30. The zero-order valence-corrected chi connectivity index (χ0v) is 23.6. The summed E-state index contributed by atoms with van der Waals surface area (Å²) in [6.45, 7) is 4.23. The largest absolute Gasteiger partial charge is 0.472 e. The molecular weight excluding hydrogens is 540 g/mol. The van der Waals surface area contributed by atoms with E-state index in [1.165, 1.54) is 4.90 Å². The summed E-state index contributed by atoms with van der Waals surface area (Å²) < 4.78 is 23.1. The van der Waals surface area contributed by atoms with E-state index in [2.05, 4.69) is 10.3 Å². The molecule has 0 aliphatic carbocycles. The predicted molar refractivity (Wildman–Crippen MR) is 155 cm³/mol. The lowest BCUT2D eigenvalue weighted by Gasteiger charge is -2.37. The molecule has 0 saturated carbocycles. The number of furan rings is 1. The molecular formula is C31H32N4O7. The fraction of sp³-hybridized carbons (Fsp3) is 0.323. The molecule has 0 saturated heterocycles. The number of likely N-dealkylation sites (N-methyl/N-ethyl adjacent to an activating group) is 1. The normalized spacial score (nSPS) is 18.6. The van der Waals surface area contributed by atoms with Gasteiger partial charge in [0.15, 0.2) is 11.5 Å². The summed E-state index contributed by atoms with van der Waals surface area (Å²) in [6, 6.07) is 15.7. The predicted octanol–water partition coefficient (Wildman–Crippen LogP) is 4.61. The summed E-state index contributed by atoms with van der Waals surface area (Å²) in [7, 11) is 1.68. The molecule has 0 spiro atoms. The standard InChI is InChI=1S/C31H32N4O7/c1-18-14-35(19(2)16-36)30(37)23-10-21(26-11-20-6-4-5-7-24(20)41-26)13-32-29(23)42-28(18)15-34(3)31(38)33-22-8-9-25-27(12-22)40-17-39-25/h4-13,18-19,28,36H,14-17H2,1-3H3,(H,33,38)/t18-,19+,28-/m0/s1. The van der Waals surface area contributed by atoms with Crippen LogP contribution in [0.15, 0.2) is 65.2 Å². The maximum atomic E-state index is 13.8. The number of para-hydroxylation sites is 1. The van der Waals surface area contributed by atoms with E-state index in [9.17, 15) is 14.7 Å². The number of hydrogen-bond donors (Lipinski definition) is 2. The Labute approximate surface area is 242 Å². The number of nitrogens with zero attached hydrogens (tertiary/aromatic N) is 3. The van der Waals surface area contributed by atoms with Crippen molar-refractivity contribution in [2.45, 2.75) is 26.0 Å². The number of pyridine rings is 1. The third-order valence-corrected chi connectivity index (χ3v) is 7.66. The Morgan fingerprint density at radius 1 is 1.17 bits per heavy atom. The van der Waals surface area contributed by atoms with Crippen LogP contribution in [0, 0.1) is 5.92 Å². The number of ether oxygens (including phenoxy) is 3. The van der Waals surface area contributed by atoms with Gasteiger partial charge >= 0.3 is 6.03 Å². The number of benzene rings is 2. The van der Waals surface area contributed by atoms with E-state index < -0.39 is 12.1 Å². The minimum absolute atomic E-state index is 0.146. The van der Waals surface area contributed by atoms with Crippen LogP contribution in [-0.4, -0.2) is 77.5 Å². The molecule has 2 aliphatic heterocycles. The lowest BCUT2D eigenvalue weighted by Crippen LogP contribution is -2.50. The molecule has 3 atom stereocenters. The van der Waals surface area contributed by atoms with E-state index in [-0.39, 0.29) is 49.2 Å². The van der Waals surface area contributed by atoms with E-state index >= 15 is 0 Å². The number of aromatic nitrogens is 1. The van der Waals surface area contributed by atoms with Crippen LogP contribution in [0.25, 0.3) is 22.3 Å². The second-order valence-electron chi connectivity index (χ2n) is 10.7. The molecule has 11 nitrogen and oxygen atoms in total. The van der Waals surface area contributed by atoms with Gasteiger partial charge in [-0.1, -0.05) is 25.1 Å². The van der Waals surface area contributed by atoms with Gasteiger partial charge < -0.3 is 38.9 Å². The number of aliphatic hydroxyl groups excluding tert-OH is 1. The molecule has 2 aromatic heterocycles. The number of hydrogen-bond acceptors (Lipinski definition) is 8. The van der Waals surface area contributed by atoms with Crippen molar-refractivity contribution in [3.8, 4) is 28.7 Å². The van der Waals surface area contributed by atoms with Gasteiger partial charge in [-0.15, -0.1) is 0 Å². The molecule has 0 radical (unpaired) electrons. The molecule has 2 aliphatic rings. The molecule has 0 fully saturated rings. The number of anilines is 1. The monoisotopic (exact) mass is 572 g/mol. The highest BCUT2D eigenvalue weighted by Gasteiger charge is 2.35. The van der Waals surface area contributed by atoms with Crippen molar-refractivity contribution in [2.75, 3.05) is 38.9 Å². The van der Waals surface area contributed by atoms with E-state index in [0.717, 1.165) is 11.0 Å². The van der Waals surface area contributed by atoms with Gasteiger partial charge in [-0.3, -0.25) is 4.79 Å². The number of aliphatic hydroxyl groups is 1. The number of rotatable bonds is 6. The van der Waals surface area contributed by atoms with Crippen LogP contribution in [-0.2, 0) is 0 Å². The van der Waals surface area contributed by atoms with Gasteiger partial charge in [-0.2, -0.15) is 0 Å². The van der Waals surface area contributed by atoms with Crippen molar-refractivity contribution >= 4 is 28.6 Å². The Morgan fingerprint density at radius 3 is 2.79 bits per heavy atom. The van der Waals surface area contributed by atoms with Crippen LogP contribution in [0.1, 0.15) is 24.2 Å². The van der Waals surface area contributed by atoms with E-state index in [1.54, 1.807) is 49.3 Å². The first-order valence-electron chi connectivity index (χ1n) is 13.8. The summed E-state index contributed by atoms with van der Waals surface area (Å²) in [5.41, 5.74) is 2.19. The van der Waals surface area contributed by atoms with Crippen LogP contribution in [0.3, 0.4) is 0 Å². The molecule has 42 heavy (non-hydrogen) atoms. The van der Waals surface area contributed by atoms with Gasteiger partial charge in [0.2, 0.25) is 12.7 Å². The maximum absolute atomic E-state index is 13.8. The fourth-order valence-electron chi connectivity index (χ4n) is 5.13. The average molecular weight is 573 g/mol. The van der Waals surface area contributed by atoms with Crippen LogP contribution >= 0.6 is 0 Å². The molecule has 4 heterocycles. The van der Waals surface area contributed by atoms with Gasteiger partial charge in [0, 0.05) is 48.4 Å². The quantitative estimate of drug-likeness (QED) is 0.343. The number of carbonyl (C=O) groups excluding carboxylic acids is 2. The Bertz CT molecular complexity index is 1600. The molecule has 11 heteroatoms. The molecule has 0 bridgehead atoms. The SMILES string of the molecule is C[C@H](CO)N1C[C@H](C)[C@H](CN(C)C(=O)Nc2ccc3c(c2)OCO3)Oc2ncc(-c3cc4ccccc4o3)cc2C1=O. The Morgan fingerprint density at radius 2 is 1.98 bits per heavy atom. The van der Waals surface area contributed by atoms with Crippen LogP contribution in [0.5, 0.6) is 17.4 Å². The zero-order valence-electron chi connectivity index (χ0n) is 23.6. The number of urea groups is 1. The number of nitrogens with one attached hydrogen (secondary N) is 1. The molecule has 218 valence electrons. The second kappa shape index (κ2) is 11.2. The van der Waals surface area contributed by atoms with E-state index in [4.69, 9.17) is 18.6 Å². The molecule has 3 amide bonds. The van der Waals surface area contributed by atoms with Crippen molar-refractivity contribution in [3.05, 3.63) is 66.4 Å². The first-order valence-corrected chi connectivity index (χ1v) is 13.8. The Balaban J connectivity index is 1.26. The van der Waals surface area contributed by atoms with Gasteiger partial charge in [-0.25, -0.2) is 9.78 Å². The number of fused-ring (bicyclic) bond motifs is 3. The number of amides is 3. The van der Waals surface area contributed by atoms with Crippen molar-refractivity contribution in [3.63, 3.8) is 0 Å². The zero-order chi connectivity index (χ0) is 29.4. The van der Waals surface area contributed by atoms with Gasteiger partial charge in [-0.05, 0) is 37.3 Å². The highest BCUT2D eigenvalue weighted by molar-refractivity contribution is 5.98. The fourth-order valence-corrected chi connectivity index (χ4v) is 5.13. The van der Waals surface area contributed by atoms with Crippen molar-refractivity contribution in [2.24, 2.45) is 5.92 Å². The molecule has 6 rings (SSSR count).